The number of nitrogens with one attached hydrogen (secondary N) is 2. The number of aryl methyl sites for hydroxylation is 1. The maximum Gasteiger partial charge on any atom is 0.257 e. The smallest absolute Gasteiger partial charge is 0.257 e. The molecule has 0 fully saturated rings. The third kappa shape index (κ3) is 5.03. The zero-order valence-corrected chi connectivity index (χ0v) is 17.5. The Morgan fingerprint density at radius 3 is 2.39 bits per heavy atom. The molecule has 2 N–H and O–H groups in total. The number of halogens is 1. The Morgan fingerprint density at radius 1 is 1.00 bits per heavy atom. The Morgan fingerprint density at radius 2 is 1.68 bits per heavy atom. The van der Waals surface area contributed by atoms with E-state index < -0.39 is 0 Å². The lowest BCUT2D eigenvalue weighted by Crippen LogP contribution is -2.17. The Kier molecular flexibility index (Phi) is 7.85. The van der Waals surface area contributed by atoms with E-state index >= 15 is 0 Å². The van der Waals surface area contributed by atoms with Gasteiger partial charge in [-0.1, -0.05) is 55.5 Å². The summed E-state index contributed by atoms with van der Waals surface area (Å²) in [7, 11) is 0. The summed E-state index contributed by atoms with van der Waals surface area (Å²) in [6, 6.07) is 20.2. The standard InChI is InChI=1S/C23H27N3O.ClH/c1-4-24-15-20-12-8-9-13-22(20)25-23(27)21-14-17(2)26(18(21)3)16-19-10-6-5-7-11-19;/h5-14,24H,4,15-16H2,1-3H3,(H,25,27);1H. The summed E-state index contributed by atoms with van der Waals surface area (Å²) in [5.74, 6) is -0.0636. The minimum Gasteiger partial charge on any atom is -0.344 e. The van der Waals surface area contributed by atoms with Gasteiger partial charge in [-0.2, -0.15) is 0 Å². The van der Waals surface area contributed by atoms with Gasteiger partial charge >= 0.3 is 0 Å². The molecule has 5 heteroatoms. The molecule has 0 aliphatic rings. The molecular formula is C23H28ClN3O. The highest BCUT2D eigenvalue weighted by Gasteiger charge is 2.17. The predicted molar refractivity (Wildman–Crippen MR) is 118 cm³/mol. The van der Waals surface area contributed by atoms with E-state index in [1.807, 2.05) is 62.4 Å². The predicted octanol–water partition coefficient (Wildman–Crippen LogP) is 4.94. The Hall–Kier alpha value is -2.56. The Labute approximate surface area is 173 Å². The van der Waals surface area contributed by atoms with Crippen LogP contribution in [0.15, 0.2) is 60.7 Å². The molecule has 3 aromatic rings. The van der Waals surface area contributed by atoms with Crippen LogP contribution < -0.4 is 10.6 Å². The van der Waals surface area contributed by atoms with Crippen LogP contribution in [0.5, 0.6) is 0 Å². The van der Waals surface area contributed by atoms with Crippen molar-refractivity contribution in [3.05, 3.63) is 88.7 Å². The average molecular weight is 398 g/mol. The molecule has 0 unspecified atom stereocenters. The number of benzene rings is 2. The second kappa shape index (κ2) is 10.1. The summed E-state index contributed by atoms with van der Waals surface area (Å²) in [5.41, 5.74) is 5.96. The first-order chi connectivity index (χ1) is 13.1. The number of rotatable bonds is 7. The topological polar surface area (TPSA) is 46.1 Å². The Bertz CT molecular complexity index is 919. The molecule has 1 amide bonds. The van der Waals surface area contributed by atoms with Crippen molar-refractivity contribution in [2.75, 3.05) is 11.9 Å². The fraction of sp³-hybridized carbons (Fsp3) is 0.261. The van der Waals surface area contributed by atoms with Crippen LogP contribution in [0.2, 0.25) is 0 Å². The van der Waals surface area contributed by atoms with Gasteiger partial charge in [0.2, 0.25) is 0 Å². The summed E-state index contributed by atoms with van der Waals surface area (Å²) in [6.45, 7) is 8.52. The maximum atomic E-state index is 12.9. The first-order valence-corrected chi connectivity index (χ1v) is 9.40. The van der Waals surface area contributed by atoms with Gasteiger partial charge in [-0.15, -0.1) is 12.4 Å². The monoisotopic (exact) mass is 397 g/mol. The van der Waals surface area contributed by atoms with Crippen molar-refractivity contribution in [3.8, 4) is 0 Å². The number of aromatic nitrogens is 1. The van der Waals surface area contributed by atoms with Crippen LogP contribution in [0.1, 0.15) is 39.8 Å². The number of para-hydroxylation sites is 1. The molecule has 0 atom stereocenters. The molecular weight excluding hydrogens is 370 g/mol. The molecule has 1 aromatic heterocycles. The molecule has 0 bridgehead atoms. The molecule has 2 aromatic carbocycles. The van der Waals surface area contributed by atoms with E-state index in [9.17, 15) is 4.79 Å². The van der Waals surface area contributed by atoms with E-state index in [1.54, 1.807) is 0 Å². The molecule has 3 rings (SSSR count). The van der Waals surface area contributed by atoms with E-state index in [4.69, 9.17) is 0 Å². The lowest BCUT2D eigenvalue weighted by Gasteiger charge is -2.12. The zero-order chi connectivity index (χ0) is 19.2. The highest BCUT2D eigenvalue weighted by atomic mass is 35.5. The number of hydrogen-bond donors (Lipinski definition) is 2. The molecule has 0 spiro atoms. The van der Waals surface area contributed by atoms with Crippen LogP contribution in [0.4, 0.5) is 5.69 Å². The second-order valence-electron chi connectivity index (χ2n) is 6.75. The number of carbonyl (C=O) groups is 1. The molecule has 0 saturated heterocycles. The van der Waals surface area contributed by atoms with Gasteiger partial charge in [-0.3, -0.25) is 4.79 Å². The van der Waals surface area contributed by atoms with Crippen molar-refractivity contribution in [1.82, 2.24) is 9.88 Å². The van der Waals surface area contributed by atoms with Crippen LogP contribution in [0.3, 0.4) is 0 Å². The van der Waals surface area contributed by atoms with Crippen molar-refractivity contribution < 1.29 is 4.79 Å². The average Bonchev–Trinajstić information content (AvgIpc) is 2.96. The van der Waals surface area contributed by atoms with Crippen LogP contribution >= 0.6 is 12.4 Å². The van der Waals surface area contributed by atoms with Gasteiger partial charge in [-0.05, 0) is 43.7 Å². The van der Waals surface area contributed by atoms with Gasteiger partial charge in [0.25, 0.3) is 5.91 Å². The first kappa shape index (κ1) is 21.7. The van der Waals surface area contributed by atoms with E-state index in [0.717, 1.165) is 47.8 Å². The zero-order valence-electron chi connectivity index (χ0n) is 16.7. The van der Waals surface area contributed by atoms with Crippen LogP contribution in [-0.4, -0.2) is 17.0 Å². The van der Waals surface area contributed by atoms with Crippen LogP contribution in [0, 0.1) is 13.8 Å². The van der Waals surface area contributed by atoms with Crippen LogP contribution in [-0.2, 0) is 13.1 Å². The third-order valence-electron chi connectivity index (χ3n) is 4.83. The van der Waals surface area contributed by atoms with Crippen LogP contribution in [0.25, 0.3) is 0 Å². The van der Waals surface area contributed by atoms with Gasteiger partial charge < -0.3 is 15.2 Å². The first-order valence-electron chi connectivity index (χ1n) is 9.40. The van der Waals surface area contributed by atoms with Gasteiger partial charge in [0.1, 0.15) is 0 Å². The van der Waals surface area contributed by atoms with Gasteiger partial charge in [0.05, 0.1) is 5.56 Å². The molecule has 0 aliphatic carbocycles. The molecule has 28 heavy (non-hydrogen) atoms. The van der Waals surface area contributed by atoms with Crippen molar-refractivity contribution in [3.63, 3.8) is 0 Å². The minimum absolute atomic E-state index is 0. The van der Waals surface area contributed by atoms with Crippen molar-refractivity contribution in [2.24, 2.45) is 0 Å². The fourth-order valence-electron chi connectivity index (χ4n) is 3.29. The van der Waals surface area contributed by atoms with E-state index in [0.29, 0.717) is 0 Å². The van der Waals surface area contributed by atoms with E-state index in [2.05, 4.69) is 34.3 Å². The number of amides is 1. The van der Waals surface area contributed by atoms with Gasteiger partial charge in [-0.25, -0.2) is 0 Å². The second-order valence-corrected chi connectivity index (χ2v) is 6.75. The number of anilines is 1. The Balaban J connectivity index is 0.00000280. The molecule has 148 valence electrons. The molecule has 4 nitrogen and oxygen atoms in total. The minimum atomic E-state index is -0.0636. The van der Waals surface area contributed by atoms with E-state index in [-0.39, 0.29) is 18.3 Å². The third-order valence-corrected chi connectivity index (χ3v) is 4.83. The molecule has 0 radical (unpaired) electrons. The highest BCUT2D eigenvalue weighted by Crippen LogP contribution is 2.21. The summed E-state index contributed by atoms with van der Waals surface area (Å²) >= 11 is 0. The maximum absolute atomic E-state index is 12.9. The summed E-state index contributed by atoms with van der Waals surface area (Å²) in [4.78, 5) is 12.9. The van der Waals surface area contributed by atoms with Gasteiger partial charge in [0, 0.05) is 30.2 Å². The summed E-state index contributed by atoms with van der Waals surface area (Å²) < 4.78 is 2.19. The van der Waals surface area contributed by atoms with Crippen molar-refractivity contribution >= 4 is 24.0 Å². The SMILES string of the molecule is CCNCc1ccccc1NC(=O)c1cc(C)n(Cc2ccccc2)c1C.Cl. The number of nitrogens with zero attached hydrogens (tertiary/aromatic N) is 1. The summed E-state index contributed by atoms with van der Waals surface area (Å²) in [6.07, 6.45) is 0. The van der Waals surface area contributed by atoms with Gasteiger partial charge in [0.15, 0.2) is 0 Å². The summed E-state index contributed by atoms with van der Waals surface area (Å²) in [5, 5.41) is 6.40. The lowest BCUT2D eigenvalue weighted by molar-refractivity contribution is 0.102. The van der Waals surface area contributed by atoms with Crippen molar-refractivity contribution in [2.45, 2.75) is 33.9 Å². The fourth-order valence-corrected chi connectivity index (χ4v) is 3.29. The quantitative estimate of drug-likeness (QED) is 0.593. The van der Waals surface area contributed by atoms with E-state index in [1.165, 1.54) is 5.56 Å². The largest absolute Gasteiger partial charge is 0.344 e. The number of carbonyl (C=O) groups excluding carboxylic acids is 1. The number of hydrogen-bond acceptors (Lipinski definition) is 2. The highest BCUT2D eigenvalue weighted by molar-refractivity contribution is 6.05. The molecule has 1 heterocycles. The normalized spacial score (nSPS) is 10.4. The van der Waals surface area contributed by atoms with Crippen molar-refractivity contribution in [1.29, 1.82) is 0 Å². The molecule has 0 aliphatic heterocycles. The molecule has 0 saturated carbocycles. The lowest BCUT2D eigenvalue weighted by atomic mass is 10.1.